The number of aryl methyl sites for hydroxylation is 2. The van der Waals surface area contributed by atoms with Gasteiger partial charge in [0.25, 0.3) is 0 Å². The summed E-state index contributed by atoms with van der Waals surface area (Å²) in [5, 5.41) is 0. The van der Waals surface area contributed by atoms with Crippen molar-refractivity contribution < 1.29 is 4.74 Å². The lowest BCUT2D eigenvalue weighted by Crippen LogP contribution is -1.99. The van der Waals surface area contributed by atoms with Crippen LogP contribution in [0.25, 0.3) is 0 Å². The molecule has 82 valence electrons. The van der Waals surface area contributed by atoms with Gasteiger partial charge in [0.15, 0.2) is 0 Å². The Morgan fingerprint density at radius 1 is 1.40 bits per heavy atom. The number of allylic oxidation sites excluding steroid dienone is 1. The molecule has 1 nitrogen and oxygen atoms in total. The summed E-state index contributed by atoms with van der Waals surface area (Å²) >= 11 is 0. The Morgan fingerprint density at radius 3 is 2.87 bits per heavy atom. The summed E-state index contributed by atoms with van der Waals surface area (Å²) in [6, 6.07) is 6.38. The minimum atomic E-state index is 0.796. The summed E-state index contributed by atoms with van der Waals surface area (Å²) in [6.45, 7) is 8.78. The van der Waals surface area contributed by atoms with Gasteiger partial charge in [-0.15, -0.1) is 6.58 Å². The molecule has 0 unspecified atom stereocenters. The first-order valence-electron chi connectivity index (χ1n) is 5.61. The Hall–Kier alpha value is -1.24. The van der Waals surface area contributed by atoms with E-state index in [4.69, 9.17) is 4.74 Å². The number of hydrogen-bond donors (Lipinski definition) is 0. The zero-order valence-corrected chi connectivity index (χ0v) is 9.75. The van der Waals surface area contributed by atoms with Gasteiger partial charge in [0.2, 0.25) is 0 Å². The van der Waals surface area contributed by atoms with E-state index in [0.717, 1.165) is 31.6 Å². The zero-order valence-electron chi connectivity index (χ0n) is 9.75. The Labute approximate surface area is 92.8 Å². The van der Waals surface area contributed by atoms with Gasteiger partial charge in [-0.05, 0) is 37.8 Å². The first-order chi connectivity index (χ1) is 7.27. The molecule has 15 heavy (non-hydrogen) atoms. The van der Waals surface area contributed by atoms with E-state index in [9.17, 15) is 0 Å². The van der Waals surface area contributed by atoms with Crippen molar-refractivity contribution >= 4 is 0 Å². The molecule has 1 aromatic rings. The maximum atomic E-state index is 5.70. The van der Waals surface area contributed by atoms with Gasteiger partial charge < -0.3 is 4.74 Å². The number of benzene rings is 1. The highest BCUT2D eigenvalue weighted by atomic mass is 16.5. The van der Waals surface area contributed by atoms with Crippen LogP contribution in [-0.2, 0) is 6.42 Å². The summed E-state index contributed by atoms with van der Waals surface area (Å²) in [6.07, 6.45) is 5.02. The molecule has 1 rings (SSSR count). The average Bonchev–Trinajstić information content (AvgIpc) is 2.25. The largest absolute Gasteiger partial charge is 0.493 e. The molecule has 0 saturated heterocycles. The van der Waals surface area contributed by atoms with E-state index in [1.807, 2.05) is 6.08 Å². The van der Waals surface area contributed by atoms with Crippen LogP contribution in [0.1, 0.15) is 30.9 Å². The van der Waals surface area contributed by atoms with Crippen molar-refractivity contribution in [2.24, 2.45) is 0 Å². The van der Waals surface area contributed by atoms with Crippen molar-refractivity contribution in [3.8, 4) is 5.75 Å². The topological polar surface area (TPSA) is 9.23 Å². The smallest absolute Gasteiger partial charge is 0.122 e. The van der Waals surface area contributed by atoms with Crippen LogP contribution in [0.15, 0.2) is 30.9 Å². The second kappa shape index (κ2) is 6.28. The molecule has 1 aromatic carbocycles. The van der Waals surface area contributed by atoms with Crippen molar-refractivity contribution in [1.29, 1.82) is 0 Å². The van der Waals surface area contributed by atoms with Crippen molar-refractivity contribution in [2.45, 2.75) is 33.1 Å². The SMILES string of the molecule is C=CCCc1cc(C)ccc1OCCC. The van der Waals surface area contributed by atoms with Crippen LogP contribution in [0.3, 0.4) is 0 Å². The minimum Gasteiger partial charge on any atom is -0.493 e. The molecule has 0 bridgehead atoms. The quantitative estimate of drug-likeness (QED) is 0.638. The predicted octanol–water partition coefficient (Wildman–Crippen LogP) is 3.90. The Kier molecular flexibility index (Phi) is 4.96. The average molecular weight is 204 g/mol. The lowest BCUT2D eigenvalue weighted by Gasteiger charge is -2.11. The predicted molar refractivity (Wildman–Crippen MR) is 65.5 cm³/mol. The Bertz CT molecular complexity index is 315. The molecule has 0 aliphatic rings. The van der Waals surface area contributed by atoms with Crippen LogP contribution in [0.2, 0.25) is 0 Å². The van der Waals surface area contributed by atoms with Gasteiger partial charge in [0.1, 0.15) is 5.75 Å². The van der Waals surface area contributed by atoms with E-state index < -0.39 is 0 Å². The molecule has 0 spiro atoms. The van der Waals surface area contributed by atoms with Crippen molar-refractivity contribution in [3.05, 3.63) is 42.0 Å². The highest BCUT2D eigenvalue weighted by Crippen LogP contribution is 2.21. The first kappa shape index (κ1) is 11.8. The van der Waals surface area contributed by atoms with Gasteiger partial charge in [-0.2, -0.15) is 0 Å². The Balaban J connectivity index is 2.77. The zero-order chi connectivity index (χ0) is 11.1. The van der Waals surface area contributed by atoms with Crippen molar-refractivity contribution in [3.63, 3.8) is 0 Å². The van der Waals surface area contributed by atoms with Gasteiger partial charge >= 0.3 is 0 Å². The lowest BCUT2D eigenvalue weighted by atomic mass is 10.1. The van der Waals surface area contributed by atoms with E-state index in [1.165, 1.54) is 11.1 Å². The number of ether oxygens (including phenoxy) is 1. The molecular formula is C14H20O. The summed E-state index contributed by atoms with van der Waals surface area (Å²) in [5.74, 6) is 1.03. The van der Waals surface area contributed by atoms with Gasteiger partial charge in [-0.25, -0.2) is 0 Å². The standard InChI is InChI=1S/C14H20O/c1-4-6-7-13-11-12(3)8-9-14(13)15-10-5-2/h4,8-9,11H,1,5-7,10H2,2-3H3. The van der Waals surface area contributed by atoms with Gasteiger partial charge in [0, 0.05) is 0 Å². The third-order valence-corrected chi connectivity index (χ3v) is 2.30. The monoisotopic (exact) mass is 204 g/mol. The minimum absolute atomic E-state index is 0.796. The molecule has 0 saturated carbocycles. The van der Waals surface area contributed by atoms with Crippen LogP contribution in [0.5, 0.6) is 5.75 Å². The summed E-state index contributed by atoms with van der Waals surface area (Å²) in [7, 11) is 0. The third-order valence-electron chi connectivity index (χ3n) is 2.30. The van der Waals surface area contributed by atoms with E-state index >= 15 is 0 Å². The van der Waals surface area contributed by atoms with Crippen LogP contribution >= 0.6 is 0 Å². The van der Waals surface area contributed by atoms with Crippen LogP contribution in [0.4, 0.5) is 0 Å². The molecule has 0 aromatic heterocycles. The molecule has 0 N–H and O–H groups in total. The van der Waals surface area contributed by atoms with E-state index in [1.54, 1.807) is 0 Å². The molecule has 0 atom stereocenters. The van der Waals surface area contributed by atoms with Crippen molar-refractivity contribution in [1.82, 2.24) is 0 Å². The molecule has 0 amide bonds. The highest BCUT2D eigenvalue weighted by molar-refractivity contribution is 5.37. The molecular weight excluding hydrogens is 184 g/mol. The maximum absolute atomic E-state index is 5.70. The normalized spacial score (nSPS) is 10.0. The van der Waals surface area contributed by atoms with E-state index in [2.05, 4.69) is 38.6 Å². The second-order valence-corrected chi connectivity index (χ2v) is 3.79. The second-order valence-electron chi connectivity index (χ2n) is 3.79. The number of rotatable bonds is 6. The molecule has 0 aliphatic heterocycles. The summed E-state index contributed by atoms with van der Waals surface area (Å²) in [4.78, 5) is 0. The molecule has 0 heterocycles. The van der Waals surface area contributed by atoms with Gasteiger partial charge in [-0.1, -0.05) is 30.7 Å². The molecule has 0 fully saturated rings. The fraction of sp³-hybridized carbons (Fsp3) is 0.429. The van der Waals surface area contributed by atoms with Crippen LogP contribution < -0.4 is 4.74 Å². The molecule has 0 radical (unpaired) electrons. The van der Waals surface area contributed by atoms with E-state index in [0.29, 0.717) is 0 Å². The van der Waals surface area contributed by atoms with Crippen molar-refractivity contribution in [2.75, 3.05) is 6.61 Å². The Morgan fingerprint density at radius 2 is 2.20 bits per heavy atom. The highest BCUT2D eigenvalue weighted by Gasteiger charge is 2.02. The first-order valence-corrected chi connectivity index (χ1v) is 5.61. The fourth-order valence-electron chi connectivity index (χ4n) is 1.51. The van der Waals surface area contributed by atoms with Gasteiger partial charge in [-0.3, -0.25) is 0 Å². The summed E-state index contributed by atoms with van der Waals surface area (Å²) in [5.41, 5.74) is 2.58. The van der Waals surface area contributed by atoms with Gasteiger partial charge in [0.05, 0.1) is 6.61 Å². The lowest BCUT2D eigenvalue weighted by molar-refractivity contribution is 0.314. The fourth-order valence-corrected chi connectivity index (χ4v) is 1.51. The maximum Gasteiger partial charge on any atom is 0.122 e. The van der Waals surface area contributed by atoms with Crippen LogP contribution in [0, 0.1) is 6.92 Å². The summed E-state index contributed by atoms with van der Waals surface area (Å²) < 4.78 is 5.70. The van der Waals surface area contributed by atoms with Crippen LogP contribution in [-0.4, -0.2) is 6.61 Å². The number of hydrogen-bond acceptors (Lipinski definition) is 1. The third kappa shape index (κ3) is 3.78. The molecule has 1 heteroatoms. The molecule has 0 aliphatic carbocycles. The van der Waals surface area contributed by atoms with E-state index in [-0.39, 0.29) is 0 Å².